The van der Waals surface area contributed by atoms with Crippen molar-refractivity contribution in [3.05, 3.63) is 77.7 Å². The van der Waals surface area contributed by atoms with Crippen LogP contribution in [0.4, 0.5) is 4.39 Å². The molecular weight excluding hydrogens is 269 g/mol. The number of carbonyl (C=O) groups excluding carboxylic acids is 1. The van der Waals surface area contributed by atoms with Crippen LogP contribution in [0.3, 0.4) is 0 Å². The number of ether oxygens (including phenoxy) is 1. The van der Waals surface area contributed by atoms with E-state index in [1.54, 1.807) is 6.07 Å². The van der Waals surface area contributed by atoms with Crippen molar-refractivity contribution in [3.63, 3.8) is 0 Å². The number of fused-ring (bicyclic) bond motifs is 1. The normalized spacial score (nSPS) is 10.5. The molecule has 0 aliphatic rings. The zero-order chi connectivity index (χ0) is 14.7. The fourth-order valence-electron chi connectivity index (χ4n) is 2.10. The smallest absolute Gasteiger partial charge is 0.339 e. The van der Waals surface area contributed by atoms with Gasteiger partial charge < -0.3 is 4.74 Å². The highest BCUT2D eigenvalue weighted by Gasteiger charge is 2.12. The van der Waals surface area contributed by atoms with Crippen molar-refractivity contribution in [1.29, 1.82) is 0 Å². The fraction of sp³-hybridized carbons (Fsp3) is 0.0588. The lowest BCUT2D eigenvalue weighted by Gasteiger charge is -2.07. The average Bonchev–Trinajstić information content (AvgIpc) is 2.53. The van der Waals surface area contributed by atoms with Crippen LogP contribution in [0.1, 0.15) is 15.9 Å². The summed E-state index contributed by atoms with van der Waals surface area (Å²) < 4.78 is 18.6. The van der Waals surface area contributed by atoms with E-state index in [9.17, 15) is 9.18 Å². The third kappa shape index (κ3) is 2.89. The molecule has 3 aromatic rings. The first kappa shape index (κ1) is 13.2. The number of rotatable bonds is 3. The van der Waals surface area contributed by atoms with Gasteiger partial charge in [0.2, 0.25) is 0 Å². The quantitative estimate of drug-likeness (QED) is 0.687. The van der Waals surface area contributed by atoms with E-state index < -0.39 is 11.8 Å². The predicted molar refractivity (Wildman–Crippen MR) is 77.3 cm³/mol. The molecule has 0 atom stereocenters. The second-order valence-electron chi connectivity index (χ2n) is 4.58. The lowest BCUT2D eigenvalue weighted by molar-refractivity contribution is 0.0475. The lowest BCUT2D eigenvalue weighted by atomic mass is 10.1. The second kappa shape index (κ2) is 5.71. The molecule has 3 nitrogen and oxygen atoms in total. The number of aromatic nitrogens is 1. The average molecular weight is 281 g/mol. The van der Waals surface area contributed by atoms with Gasteiger partial charge in [0, 0.05) is 11.6 Å². The second-order valence-corrected chi connectivity index (χ2v) is 4.58. The molecule has 0 aliphatic heterocycles. The summed E-state index contributed by atoms with van der Waals surface area (Å²) in [4.78, 5) is 16.3. The topological polar surface area (TPSA) is 39.2 Å². The molecule has 0 amide bonds. The summed E-state index contributed by atoms with van der Waals surface area (Å²) >= 11 is 0. The summed E-state index contributed by atoms with van der Waals surface area (Å²) in [6.45, 7) is 0.179. The molecule has 0 aliphatic carbocycles. The number of esters is 1. The first-order valence-electron chi connectivity index (χ1n) is 6.49. The maximum atomic E-state index is 13.4. The van der Waals surface area contributed by atoms with Crippen molar-refractivity contribution in [1.82, 2.24) is 4.98 Å². The van der Waals surface area contributed by atoms with Crippen molar-refractivity contribution >= 4 is 16.9 Å². The molecule has 0 saturated carbocycles. The summed E-state index contributed by atoms with van der Waals surface area (Å²) in [6.07, 6.45) is 1.51. The van der Waals surface area contributed by atoms with Crippen LogP contribution in [-0.4, -0.2) is 11.0 Å². The molecule has 0 unspecified atom stereocenters. The molecule has 4 heteroatoms. The summed E-state index contributed by atoms with van der Waals surface area (Å²) in [5, 5.41) is 0.454. The number of hydrogen-bond donors (Lipinski definition) is 0. The zero-order valence-corrected chi connectivity index (χ0v) is 11.1. The summed E-state index contributed by atoms with van der Waals surface area (Å²) in [7, 11) is 0. The van der Waals surface area contributed by atoms with E-state index in [0.717, 1.165) is 5.56 Å². The van der Waals surface area contributed by atoms with Crippen molar-refractivity contribution in [2.24, 2.45) is 0 Å². The van der Waals surface area contributed by atoms with Gasteiger partial charge in [-0.3, -0.25) is 4.98 Å². The Bertz CT molecular complexity index is 787. The molecule has 104 valence electrons. The molecule has 1 aromatic heterocycles. The molecular formula is C17H12FNO2. The summed E-state index contributed by atoms with van der Waals surface area (Å²) in [5.41, 5.74) is 1.77. The molecule has 3 rings (SSSR count). The van der Waals surface area contributed by atoms with Crippen LogP contribution in [0, 0.1) is 5.82 Å². The van der Waals surface area contributed by atoms with Crippen LogP contribution >= 0.6 is 0 Å². The van der Waals surface area contributed by atoms with E-state index >= 15 is 0 Å². The third-order valence-corrected chi connectivity index (χ3v) is 3.14. The Balaban J connectivity index is 1.86. The Labute approximate surface area is 121 Å². The zero-order valence-electron chi connectivity index (χ0n) is 11.1. The Hall–Kier alpha value is -2.75. The molecule has 0 bridgehead atoms. The van der Waals surface area contributed by atoms with Crippen molar-refractivity contribution in [2.75, 3.05) is 0 Å². The Morgan fingerprint density at radius 1 is 1.10 bits per heavy atom. The van der Waals surface area contributed by atoms with E-state index in [1.807, 2.05) is 30.3 Å². The highest BCUT2D eigenvalue weighted by Crippen LogP contribution is 2.19. The van der Waals surface area contributed by atoms with E-state index in [-0.39, 0.29) is 6.61 Å². The van der Waals surface area contributed by atoms with Gasteiger partial charge in [0.15, 0.2) is 0 Å². The van der Waals surface area contributed by atoms with Gasteiger partial charge in [-0.2, -0.15) is 0 Å². The van der Waals surface area contributed by atoms with Crippen LogP contribution in [0.15, 0.2) is 60.8 Å². The maximum absolute atomic E-state index is 13.4. The largest absolute Gasteiger partial charge is 0.457 e. The minimum Gasteiger partial charge on any atom is -0.457 e. The van der Waals surface area contributed by atoms with Gasteiger partial charge in [-0.1, -0.05) is 30.3 Å². The molecule has 0 radical (unpaired) electrons. The van der Waals surface area contributed by atoms with Crippen LogP contribution in [0.2, 0.25) is 0 Å². The van der Waals surface area contributed by atoms with E-state index in [2.05, 4.69) is 4.98 Å². The van der Waals surface area contributed by atoms with Gasteiger partial charge >= 0.3 is 5.97 Å². The number of carbonyl (C=O) groups is 1. The van der Waals surface area contributed by atoms with E-state index in [0.29, 0.717) is 16.5 Å². The van der Waals surface area contributed by atoms with Crippen LogP contribution in [0.25, 0.3) is 10.9 Å². The van der Waals surface area contributed by atoms with Crippen molar-refractivity contribution in [3.8, 4) is 0 Å². The Morgan fingerprint density at radius 3 is 2.71 bits per heavy atom. The number of nitrogens with zero attached hydrogens (tertiary/aromatic N) is 1. The standard InChI is InChI=1S/C17H12FNO2/c18-13-6-7-16-15(10-13)14(8-9-19-16)17(20)21-11-12-4-2-1-3-5-12/h1-10H,11H2. The van der Waals surface area contributed by atoms with Gasteiger partial charge in [0.25, 0.3) is 0 Å². The predicted octanol–water partition coefficient (Wildman–Crippen LogP) is 3.73. The van der Waals surface area contributed by atoms with Crippen LogP contribution in [0.5, 0.6) is 0 Å². The highest BCUT2D eigenvalue weighted by atomic mass is 19.1. The Kier molecular flexibility index (Phi) is 3.60. The van der Waals surface area contributed by atoms with E-state index in [1.165, 1.54) is 24.4 Å². The first-order valence-corrected chi connectivity index (χ1v) is 6.49. The first-order chi connectivity index (χ1) is 10.2. The number of halogens is 1. The SMILES string of the molecule is O=C(OCc1ccccc1)c1ccnc2ccc(F)cc12. The fourth-order valence-corrected chi connectivity index (χ4v) is 2.10. The summed E-state index contributed by atoms with van der Waals surface area (Å²) in [6, 6.07) is 15.1. The Morgan fingerprint density at radius 2 is 1.90 bits per heavy atom. The van der Waals surface area contributed by atoms with Crippen molar-refractivity contribution in [2.45, 2.75) is 6.61 Å². The van der Waals surface area contributed by atoms with Gasteiger partial charge in [-0.15, -0.1) is 0 Å². The minimum absolute atomic E-state index is 0.179. The van der Waals surface area contributed by atoms with Crippen molar-refractivity contribution < 1.29 is 13.9 Å². The van der Waals surface area contributed by atoms with Crippen LogP contribution < -0.4 is 0 Å². The molecule has 1 heterocycles. The third-order valence-electron chi connectivity index (χ3n) is 3.14. The van der Waals surface area contributed by atoms with Gasteiger partial charge in [-0.25, -0.2) is 9.18 Å². The van der Waals surface area contributed by atoms with Gasteiger partial charge in [0.05, 0.1) is 11.1 Å². The molecule has 21 heavy (non-hydrogen) atoms. The molecule has 0 saturated heterocycles. The monoisotopic (exact) mass is 281 g/mol. The molecule has 0 N–H and O–H groups in total. The number of hydrogen-bond acceptors (Lipinski definition) is 3. The van der Waals surface area contributed by atoms with Gasteiger partial charge in [-0.05, 0) is 29.8 Å². The maximum Gasteiger partial charge on any atom is 0.339 e. The lowest BCUT2D eigenvalue weighted by Crippen LogP contribution is -2.06. The minimum atomic E-state index is -0.489. The summed E-state index contributed by atoms with van der Waals surface area (Å²) in [5.74, 6) is -0.899. The molecule has 2 aromatic carbocycles. The van der Waals surface area contributed by atoms with Crippen LogP contribution in [-0.2, 0) is 11.3 Å². The number of benzene rings is 2. The molecule has 0 fully saturated rings. The van der Waals surface area contributed by atoms with E-state index in [4.69, 9.17) is 4.74 Å². The molecule has 0 spiro atoms. The van der Waals surface area contributed by atoms with Gasteiger partial charge in [0.1, 0.15) is 12.4 Å². The highest BCUT2D eigenvalue weighted by molar-refractivity contribution is 6.03. The number of pyridine rings is 1.